The summed E-state index contributed by atoms with van der Waals surface area (Å²) in [6, 6.07) is 11.2. The van der Waals surface area contributed by atoms with E-state index in [0.29, 0.717) is 42.5 Å². The molecule has 0 aliphatic carbocycles. The number of carbonyl (C=O) groups excluding carboxylic acids is 4. The minimum Gasteiger partial charge on any atom is -0.453 e. The third kappa shape index (κ3) is 8.60. The molecule has 0 radical (unpaired) electrons. The average molecular weight is 807 g/mol. The van der Waals surface area contributed by atoms with Crippen LogP contribution in [-0.4, -0.2) is 114 Å². The summed E-state index contributed by atoms with van der Waals surface area (Å²) in [4.78, 5) is 80.3. The van der Waals surface area contributed by atoms with Gasteiger partial charge in [-0.25, -0.2) is 19.6 Å². The summed E-state index contributed by atoms with van der Waals surface area (Å²) in [5.74, 6) is 0.616. The van der Waals surface area contributed by atoms with Crippen molar-refractivity contribution in [1.82, 2.24) is 50.3 Å². The van der Waals surface area contributed by atoms with E-state index in [-0.39, 0.29) is 23.9 Å². The monoisotopic (exact) mass is 806 g/mol. The van der Waals surface area contributed by atoms with E-state index in [1.807, 2.05) is 56.3 Å². The fraction of sp³-hybridized carbons (Fsp3) is 0.429. The maximum Gasteiger partial charge on any atom is 0.407 e. The molecule has 310 valence electrons. The Bertz CT molecular complexity index is 2320. The molecule has 2 saturated heterocycles. The van der Waals surface area contributed by atoms with Gasteiger partial charge in [0.05, 0.1) is 78.6 Å². The van der Waals surface area contributed by atoms with Gasteiger partial charge in [0, 0.05) is 24.2 Å². The molecular weight excluding hydrogens is 757 g/mol. The fourth-order valence-electron chi connectivity index (χ4n) is 7.84. The van der Waals surface area contributed by atoms with Gasteiger partial charge < -0.3 is 45.0 Å². The number of likely N-dealkylation sites (tertiary alicyclic amines) is 2. The molecule has 17 heteroatoms. The van der Waals surface area contributed by atoms with Crippen molar-refractivity contribution in [3.8, 4) is 33.8 Å². The van der Waals surface area contributed by atoms with Crippen molar-refractivity contribution in [1.29, 1.82) is 0 Å². The second-order valence-corrected chi connectivity index (χ2v) is 15.9. The number of fused-ring (bicyclic) bond motifs is 1. The summed E-state index contributed by atoms with van der Waals surface area (Å²) in [6.07, 6.45) is 6.77. The van der Waals surface area contributed by atoms with Crippen molar-refractivity contribution >= 4 is 35.0 Å². The van der Waals surface area contributed by atoms with Crippen LogP contribution in [0.3, 0.4) is 0 Å². The highest BCUT2D eigenvalue weighted by Crippen LogP contribution is 2.35. The molecule has 5 heterocycles. The number of hydrogen-bond acceptors (Lipinski definition) is 11. The predicted molar refractivity (Wildman–Crippen MR) is 217 cm³/mol. The van der Waals surface area contributed by atoms with Gasteiger partial charge in [0.2, 0.25) is 11.8 Å². The smallest absolute Gasteiger partial charge is 0.407 e. The van der Waals surface area contributed by atoms with Crippen LogP contribution in [0.4, 0.5) is 9.59 Å². The van der Waals surface area contributed by atoms with Crippen LogP contribution >= 0.6 is 0 Å². The van der Waals surface area contributed by atoms with Crippen molar-refractivity contribution in [2.75, 3.05) is 27.3 Å². The first kappa shape index (κ1) is 40.8. The summed E-state index contributed by atoms with van der Waals surface area (Å²) < 4.78 is 9.44. The fourth-order valence-corrected chi connectivity index (χ4v) is 7.84. The molecule has 17 nitrogen and oxygen atoms in total. The Labute approximate surface area is 341 Å². The number of ether oxygens (including phenoxy) is 2. The standard InChI is InChI=1S/C42H50N10O7/c1-23(2)34(49-40(55)58-5)38(53)51-17-8-10-33(51)37-46-27-16-15-26(19-28(27)47-37)30-21-43-29(20-44-30)24-11-13-25(14-12-24)31-22-45-36(48-31)32-9-7-18-52(32)39(54)35(42(3,4)57)50-41(56)59-6/h11-16,19-23,32-35,57H,7-10,17-18H2,1-6H3,(H,45,48)(H,46,47)(H,49,55)(H,50,56)/t32-,33-,34-,35+/m0/s1. The zero-order valence-electron chi connectivity index (χ0n) is 34.0. The molecule has 3 aromatic heterocycles. The number of nitrogens with one attached hydrogen (secondary N) is 4. The van der Waals surface area contributed by atoms with Crippen LogP contribution in [0.15, 0.2) is 61.1 Å². The molecule has 5 N–H and O–H groups in total. The Balaban J connectivity index is 1.02. The van der Waals surface area contributed by atoms with E-state index in [9.17, 15) is 24.3 Å². The van der Waals surface area contributed by atoms with Crippen molar-refractivity contribution in [2.45, 2.75) is 83.1 Å². The van der Waals surface area contributed by atoms with E-state index in [0.717, 1.165) is 52.7 Å². The molecule has 0 spiro atoms. The minimum absolute atomic E-state index is 0.125. The highest BCUT2D eigenvalue weighted by molar-refractivity contribution is 5.88. The average Bonchev–Trinajstić information content (AvgIpc) is 4.07. The molecule has 2 fully saturated rings. The summed E-state index contributed by atoms with van der Waals surface area (Å²) in [5, 5.41) is 15.9. The molecule has 4 amide bonds. The molecule has 2 aliphatic rings. The van der Waals surface area contributed by atoms with Gasteiger partial charge in [0.15, 0.2) is 0 Å². The van der Waals surface area contributed by atoms with Gasteiger partial charge >= 0.3 is 12.2 Å². The Morgan fingerprint density at radius 2 is 1.34 bits per heavy atom. The van der Waals surface area contributed by atoms with Crippen LogP contribution in [0.25, 0.3) is 44.8 Å². The maximum atomic E-state index is 13.6. The Morgan fingerprint density at radius 3 is 1.95 bits per heavy atom. The van der Waals surface area contributed by atoms with E-state index in [4.69, 9.17) is 19.7 Å². The molecule has 7 rings (SSSR count). The second-order valence-electron chi connectivity index (χ2n) is 15.9. The quantitative estimate of drug-likeness (QED) is 0.116. The van der Waals surface area contributed by atoms with Crippen LogP contribution in [0.1, 0.15) is 77.1 Å². The van der Waals surface area contributed by atoms with Gasteiger partial charge in [0.25, 0.3) is 0 Å². The van der Waals surface area contributed by atoms with Gasteiger partial charge in [-0.15, -0.1) is 0 Å². The Hall–Kier alpha value is -6.36. The van der Waals surface area contributed by atoms with Gasteiger partial charge in [-0.2, -0.15) is 0 Å². The number of nitrogens with zero attached hydrogens (tertiary/aromatic N) is 6. The van der Waals surface area contributed by atoms with Crippen LogP contribution in [0.5, 0.6) is 0 Å². The molecule has 2 aliphatic heterocycles. The van der Waals surface area contributed by atoms with Crippen molar-refractivity contribution in [3.63, 3.8) is 0 Å². The summed E-state index contributed by atoms with van der Waals surface area (Å²) >= 11 is 0. The number of alkyl carbamates (subject to hydrolysis) is 2. The number of aromatic amines is 2. The number of hydrogen-bond donors (Lipinski definition) is 5. The number of methoxy groups -OCH3 is 2. The Morgan fingerprint density at radius 1 is 0.763 bits per heavy atom. The van der Waals surface area contributed by atoms with Crippen LogP contribution in [0.2, 0.25) is 0 Å². The number of benzene rings is 2. The lowest BCUT2D eigenvalue weighted by Crippen LogP contribution is -2.58. The molecule has 5 aromatic rings. The number of imidazole rings is 2. The predicted octanol–water partition coefficient (Wildman–Crippen LogP) is 5.28. The van der Waals surface area contributed by atoms with Crippen LogP contribution < -0.4 is 10.6 Å². The lowest BCUT2D eigenvalue weighted by atomic mass is 9.97. The first-order chi connectivity index (χ1) is 28.2. The number of amides is 4. The zero-order chi connectivity index (χ0) is 42.0. The summed E-state index contributed by atoms with van der Waals surface area (Å²) in [7, 11) is 2.49. The summed E-state index contributed by atoms with van der Waals surface area (Å²) in [5.41, 5.74) is 4.86. The molecule has 0 saturated carbocycles. The Kier molecular flexibility index (Phi) is 11.7. The van der Waals surface area contributed by atoms with E-state index in [1.165, 1.54) is 28.1 Å². The topological polar surface area (TPSA) is 221 Å². The van der Waals surface area contributed by atoms with Gasteiger partial charge in [0.1, 0.15) is 23.7 Å². The van der Waals surface area contributed by atoms with Crippen molar-refractivity contribution < 1.29 is 33.8 Å². The van der Waals surface area contributed by atoms with Gasteiger partial charge in [-0.3, -0.25) is 19.6 Å². The minimum atomic E-state index is -1.52. The lowest BCUT2D eigenvalue weighted by Gasteiger charge is -2.34. The molecular formula is C42H50N10O7. The van der Waals surface area contributed by atoms with Crippen LogP contribution in [0, 0.1) is 5.92 Å². The summed E-state index contributed by atoms with van der Waals surface area (Å²) in [6.45, 7) is 7.75. The molecule has 59 heavy (non-hydrogen) atoms. The molecule has 0 unspecified atom stereocenters. The number of rotatable bonds is 11. The maximum absolute atomic E-state index is 13.6. The zero-order valence-corrected chi connectivity index (χ0v) is 34.0. The third-order valence-corrected chi connectivity index (χ3v) is 11.0. The van der Waals surface area contributed by atoms with Crippen LogP contribution in [-0.2, 0) is 19.1 Å². The highest BCUT2D eigenvalue weighted by Gasteiger charge is 2.42. The number of aliphatic hydroxyl groups is 1. The van der Waals surface area contributed by atoms with Gasteiger partial charge in [-0.05, 0) is 63.1 Å². The van der Waals surface area contributed by atoms with Crippen molar-refractivity contribution in [3.05, 3.63) is 72.7 Å². The van der Waals surface area contributed by atoms with E-state index in [1.54, 1.807) is 28.4 Å². The number of H-pyrrole nitrogens is 2. The van der Waals surface area contributed by atoms with E-state index in [2.05, 4.69) is 30.3 Å². The van der Waals surface area contributed by atoms with E-state index < -0.39 is 35.8 Å². The first-order valence-electron chi connectivity index (χ1n) is 19.8. The largest absolute Gasteiger partial charge is 0.453 e. The third-order valence-electron chi connectivity index (χ3n) is 11.0. The number of aromatic nitrogens is 6. The van der Waals surface area contributed by atoms with Gasteiger partial charge in [-0.1, -0.05) is 44.2 Å². The SMILES string of the molecule is COC(=O)N[C@H](C(=O)N1CCC[C@H]1c1nc2ccc(-c3cnc(-c4ccc(-c5cnc([C@@H]6CCCN6C(=O)[C@@H](NC(=O)OC)C(C)(C)O)[nH]5)cc4)cn3)cc2[nH]1)C(C)C. The molecule has 2 aromatic carbocycles. The van der Waals surface area contributed by atoms with E-state index >= 15 is 0 Å². The second kappa shape index (κ2) is 16.9. The molecule has 0 bridgehead atoms. The normalized spacial score (nSPS) is 17.9. The number of carbonyl (C=O) groups is 4. The highest BCUT2D eigenvalue weighted by atomic mass is 16.5. The molecule has 4 atom stereocenters. The van der Waals surface area contributed by atoms with Crippen molar-refractivity contribution in [2.24, 2.45) is 5.92 Å². The lowest BCUT2D eigenvalue weighted by molar-refractivity contribution is -0.140. The first-order valence-corrected chi connectivity index (χ1v) is 19.8.